The van der Waals surface area contributed by atoms with Crippen LogP contribution in [-0.2, 0) is 21.1 Å². The number of hydrogen-bond acceptors (Lipinski definition) is 3. The summed E-state index contributed by atoms with van der Waals surface area (Å²) in [4.78, 5) is 14.6. The number of carbonyl (C=O) groups is 1. The number of hydrogen-bond donors (Lipinski definition) is 0. The molecule has 1 amide bonds. The molecule has 0 N–H and O–H groups in total. The van der Waals surface area contributed by atoms with Crippen LogP contribution in [0.15, 0.2) is 54.6 Å². The van der Waals surface area contributed by atoms with E-state index in [1.54, 1.807) is 4.90 Å². The number of carbonyl (C=O) groups excluding carboxylic acids is 1. The van der Waals surface area contributed by atoms with Gasteiger partial charge in [0.1, 0.15) is 0 Å². The summed E-state index contributed by atoms with van der Waals surface area (Å²) in [5.74, 6) is 0.132. The van der Waals surface area contributed by atoms with E-state index < -0.39 is 9.84 Å². The quantitative estimate of drug-likeness (QED) is 0.858. The van der Waals surface area contributed by atoms with Gasteiger partial charge < -0.3 is 4.90 Å². The van der Waals surface area contributed by atoms with Crippen LogP contribution in [0, 0.1) is 6.92 Å². The van der Waals surface area contributed by atoms with Crippen molar-refractivity contribution in [1.29, 1.82) is 0 Å². The zero-order valence-corrected chi connectivity index (χ0v) is 14.5. The van der Waals surface area contributed by atoms with E-state index in [4.69, 9.17) is 0 Å². The summed E-state index contributed by atoms with van der Waals surface area (Å²) in [6.07, 6.45) is 0.766. The maximum Gasteiger partial charge on any atom is 0.231 e. The monoisotopic (exact) mass is 343 g/mol. The van der Waals surface area contributed by atoms with Gasteiger partial charge in [0, 0.05) is 5.69 Å². The van der Waals surface area contributed by atoms with Crippen LogP contribution >= 0.6 is 0 Å². The Bertz CT molecular complexity index is 813. The fraction of sp³-hybridized carbons (Fsp3) is 0.316. The Morgan fingerprint density at radius 1 is 1.08 bits per heavy atom. The predicted molar refractivity (Wildman–Crippen MR) is 95.9 cm³/mol. The third-order valence-corrected chi connectivity index (χ3v) is 6.10. The fourth-order valence-electron chi connectivity index (χ4n) is 3.10. The van der Waals surface area contributed by atoms with Gasteiger partial charge in [0.25, 0.3) is 0 Å². The summed E-state index contributed by atoms with van der Waals surface area (Å²) in [6, 6.07) is 16.9. The molecule has 3 rings (SSSR count). The Hall–Kier alpha value is -2.14. The molecular formula is C19H21NO3S. The van der Waals surface area contributed by atoms with E-state index in [-0.39, 0.29) is 29.9 Å². The second-order valence-corrected chi connectivity index (χ2v) is 8.55. The molecular weight excluding hydrogens is 322 g/mol. The number of sulfone groups is 1. The molecule has 5 heteroatoms. The van der Waals surface area contributed by atoms with Gasteiger partial charge in [0.2, 0.25) is 5.91 Å². The molecule has 1 unspecified atom stereocenters. The molecule has 0 aliphatic carbocycles. The summed E-state index contributed by atoms with van der Waals surface area (Å²) < 4.78 is 23.7. The van der Waals surface area contributed by atoms with Gasteiger partial charge in [-0.05, 0) is 31.0 Å². The minimum Gasteiger partial charge on any atom is -0.308 e. The van der Waals surface area contributed by atoms with Crippen molar-refractivity contribution >= 4 is 21.4 Å². The summed E-state index contributed by atoms with van der Waals surface area (Å²) in [5.41, 5.74) is 2.80. The maximum atomic E-state index is 12.9. The molecule has 0 bridgehead atoms. The van der Waals surface area contributed by atoms with Crippen molar-refractivity contribution in [2.24, 2.45) is 0 Å². The van der Waals surface area contributed by atoms with Crippen LogP contribution in [0.5, 0.6) is 0 Å². The number of nitrogens with zero attached hydrogens (tertiary/aromatic N) is 1. The molecule has 1 aliphatic heterocycles. The lowest BCUT2D eigenvalue weighted by Crippen LogP contribution is -2.42. The van der Waals surface area contributed by atoms with E-state index in [0.717, 1.165) is 16.8 Å². The number of aryl methyl sites for hydroxylation is 1. The summed E-state index contributed by atoms with van der Waals surface area (Å²) in [7, 11) is -3.06. The molecule has 0 spiro atoms. The van der Waals surface area contributed by atoms with Crippen LogP contribution < -0.4 is 4.90 Å². The van der Waals surface area contributed by atoms with E-state index >= 15 is 0 Å². The SMILES string of the molecule is Cc1ccc(N(C(=O)Cc2ccccc2)C2CCS(=O)(=O)C2)cc1. The average Bonchev–Trinajstić information content (AvgIpc) is 2.90. The summed E-state index contributed by atoms with van der Waals surface area (Å²) in [5, 5.41) is 0. The average molecular weight is 343 g/mol. The highest BCUT2D eigenvalue weighted by Gasteiger charge is 2.35. The fourth-order valence-corrected chi connectivity index (χ4v) is 4.80. The molecule has 1 heterocycles. The lowest BCUT2D eigenvalue weighted by atomic mass is 10.1. The van der Waals surface area contributed by atoms with E-state index in [1.807, 2.05) is 61.5 Å². The first kappa shape index (κ1) is 16.7. The van der Waals surface area contributed by atoms with Gasteiger partial charge >= 0.3 is 0 Å². The van der Waals surface area contributed by atoms with Crippen LogP contribution in [-0.4, -0.2) is 31.9 Å². The van der Waals surface area contributed by atoms with Crippen molar-refractivity contribution < 1.29 is 13.2 Å². The van der Waals surface area contributed by atoms with Crippen LogP contribution in [0.3, 0.4) is 0 Å². The van der Waals surface area contributed by atoms with Gasteiger partial charge in [0.15, 0.2) is 9.84 Å². The van der Waals surface area contributed by atoms with Gasteiger partial charge in [-0.1, -0.05) is 48.0 Å². The summed E-state index contributed by atoms with van der Waals surface area (Å²) in [6.45, 7) is 1.99. The molecule has 1 saturated heterocycles. The van der Waals surface area contributed by atoms with Crippen LogP contribution in [0.4, 0.5) is 5.69 Å². The molecule has 0 radical (unpaired) electrons. The standard InChI is InChI=1S/C19H21NO3S/c1-15-7-9-17(10-8-15)20(18-11-12-24(22,23)14-18)19(21)13-16-5-3-2-4-6-16/h2-10,18H,11-14H2,1H3. The number of anilines is 1. The smallest absolute Gasteiger partial charge is 0.231 e. The molecule has 0 saturated carbocycles. The Morgan fingerprint density at radius 3 is 2.33 bits per heavy atom. The van der Waals surface area contributed by atoms with Crippen LogP contribution in [0.1, 0.15) is 17.5 Å². The molecule has 1 fully saturated rings. The van der Waals surface area contributed by atoms with Gasteiger partial charge in [0.05, 0.1) is 24.0 Å². The van der Waals surface area contributed by atoms with Crippen molar-refractivity contribution in [3.8, 4) is 0 Å². The zero-order chi connectivity index (χ0) is 17.2. The largest absolute Gasteiger partial charge is 0.308 e. The van der Waals surface area contributed by atoms with Crippen LogP contribution in [0.2, 0.25) is 0 Å². The molecule has 0 aromatic heterocycles. The highest BCUT2D eigenvalue weighted by molar-refractivity contribution is 7.91. The van der Waals surface area contributed by atoms with Crippen molar-refractivity contribution in [3.63, 3.8) is 0 Å². The molecule has 2 aromatic carbocycles. The normalized spacial score (nSPS) is 19.1. The molecule has 2 aromatic rings. The third-order valence-electron chi connectivity index (χ3n) is 4.35. The first-order valence-electron chi connectivity index (χ1n) is 8.08. The van der Waals surface area contributed by atoms with E-state index in [9.17, 15) is 13.2 Å². The molecule has 24 heavy (non-hydrogen) atoms. The molecule has 1 atom stereocenters. The van der Waals surface area contributed by atoms with Crippen molar-refractivity contribution in [2.75, 3.05) is 16.4 Å². The van der Waals surface area contributed by atoms with Gasteiger partial charge in [-0.3, -0.25) is 4.79 Å². The van der Waals surface area contributed by atoms with Gasteiger partial charge in [-0.15, -0.1) is 0 Å². The topological polar surface area (TPSA) is 54.5 Å². The van der Waals surface area contributed by atoms with Crippen LogP contribution in [0.25, 0.3) is 0 Å². The molecule has 4 nitrogen and oxygen atoms in total. The predicted octanol–water partition coefficient (Wildman–Crippen LogP) is 2.76. The van der Waals surface area contributed by atoms with Gasteiger partial charge in [-0.2, -0.15) is 0 Å². The molecule has 1 aliphatic rings. The zero-order valence-electron chi connectivity index (χ0n) is 13.7. The highest BCUT2D eigenvalue weighted by Crippen LogP contribution is 2.26. The number of rotatable bonds is 4. The first-order chi connectivity index (χ1) is 11.4. The lowest BCUT2D eigenvalue weighted by Gasteiger charge is -2.28. The van der Waals surface area contributed by atoms with Crippen molar-refractivity contribution in [2.45, 2.75) is 25.8 Å². The number of amides is 1. The summed E-state index contributed by atoms with van der Waals surface area (Å²) >= 11 is 0. The van der Waals surface area contributed by atoms with E-state index in [0.29, 0.717) is 6.42 Å². The van der Waals surface area contributed by atoms with E-state index in [1.165, 1.54) is 0 Å². The first-order valence-corrected chi connectivity index (χ1v) is 9.90. The Labute approximate surface area is 143 Å². The third kappa shape index (κ3) is 3.85. The second-order valence-electron chi connectivity index (χ2n) is 6.32. The Balaban J connectivity index is 1.89. The lowest BCUT2D eigenvalue weighted by molar-refractivity contribution is -0.118. The number of benzene rings is 2. The Morgan fingerprint density at radius 2 is 1.75 bits per heavy atom. The Kier molecular flexibility index (Phi) is 4.71. The van der Waals surface area contributed by atoms with E-state index in [2.05, 4.69) is 0 Å². The minimum absolute atomic E-state index is 0.0431. The highest BCUT2D eigenvalue weighted by atomic mass is 32.2. The van der Waals surface area contributed by atoms with Gasteiger partial charge in [-0.25, -0.2) is 8.42 Å². The maximum absolute atomic E-state index is 12.9. The van der Waals surface area contributed by atoms with Crippen molar-refractivity contribution in [3.05, 3.63) is 65.7 Å². The minimum atomic E-state index is -3.06. The second kappa shape index (κ2) is 6.77. The van der Waals surface area contributed by atoms with Crippen molar-refractivity contribution in [1.82, 2.24) is 0 Å². The molecule has 126 valence electrons.